The van der Waals surface area contributed by atoms with Crippen molar-refractivity contribution in [3.05, 3.63) is 29.8 Å². The molecule has 1 unspecified atom stereocenters. The molecule has 1 atom stereocenters. The van der Waals surface area contributed by atoms with Crippen LogP contribution in [0.25, 0.3) is 0 Å². The van der Waals surface area contributed by atoms with Gasteiger partial charge in [-0.3, -0.25) is 0 Å². The molecule has 0 heterocycles. The van der Waals surface area contributed by atoms with Gasteiger partial charge in [0.2, 0.25) is 0 Å². The fourth-order valence-electron chi connectivity index (χ4n) is 1.18. The monoisotopic (exact) mass is 164 g/mol. The van der Waals surface area contributed by atoms with Crippen molar-refractivity contribution in [2.45, 2.75) is 26.2 Å². The van der Waals surface area contributed by atoms with Crippen molar-refractivity contribution in [2.24, 2.45) is 0 Å². The SMILES string of the molecule is CCC(C)c1cccc(OC)c1. The summed E-state index contributed by atoms with van der Waals surface area (Å²) in [6.45, 7) is 4.43. The number of ether oxygens (including phenoxy) is 1. The summed E-state index contributed by atoms with van der Waals surface area (Å²) in [7, 11) is 1.70. The number of rotatable bonds is 3. The highest BCUT2D eigenvalue weighted by Crippen LogP contribution is 2.22. The van der Waals surface area contributed by atoms with Crippen LogP contribution in [0.5, 0.6) is 5.75 Å². The summed E-state index contributed by atoms with van der Waals surface area (Å²) in [6.07, 6.45) is 1.17. The molecular formula is C11H16O. The molecule has 1 nitrogen and oxygen atoms in total. The van der Waals surface area contributed by atoms with Crippen molar-refractivity contribution in [1.82, 2.24) is 0 Å². The van der Waals surface area contributed by atoms with Crippen LogP contribution in [-0.2, 0) is 0 Å². The Morgan fingerprint density at radius 2 is 2.17 bits per heavy atom. The van der Waals surface area contributed by atoms with Gasteiger partial charge in [0, 0.05) is 0 Å². The lowest BCUT2D eigenvalue weighted by atomic mass is 9.99. The van der Waals surface area contributed by atoms with E-state index >= 15 is 0 Å². The summed E-state index contributed by atoms with van der Waals surface area (Å²) < 4.78 is 5.15. The summed E-state index contributed by atoms with van der Waals surface area (Å²) in [6, 6.07) is 8.27. The van der Waals surface area contributed by atoms with Crippen LogP contribution >= 0.6 is 0 Å². The van der Waals surface area contributed by atoms with Crippen LogP contribution in [0.3, 0.4) is 0 Å². The van der Waals surface area contributed by atoms with Crippen molar-refractivity contribution >= 4 is 0 Å². The third-order valence-corrected chi connectivity index (χ3v) is 2.28. The number of hydrogen-bond acceptors (Lipinski definition) is 1. The topological polar surface area (TPSA) is 9.23 Å². The standard InChI is InChI=1S/C11H16O/c1-4-9(2)10-6-5-7-11(8-10)12-3/h5-9H,4H2,1-3H3. The highest BCUT2D eigenvalue weighted by atomic mass is 16.5. The van der Waals surface area contributed by atoms with E-state index in [2.05, 4.69) is 26.0 Å². The van der Waals surface area contributed by atoms with Gasteiger partial charge in [-0.15, -0.1) is 0 Å². The second-order valence-electron chi connectivity index (χ2n) is 3.09. The summed E-state index contributed by atoms with van der Waals surface area (Å²) >= 11 is 0. The molecule has 0 saturated carbocycles. The molecule has 0 bridgehead atoms. The Morgan fingerprint density at radius 3 is 2.75 bits per heavy atom. The van der Waals surface area contributed by atoms with E-state index in [1.54, 1.807) is 7.11 Å². The summed E-state index contributed by atoms with van der Waals surface area (Å²) in [5.74, 6) is 1.58. The molecule has 0 N–H and O–H groups in total. The first kappa shape index (κ1) is 9.11. The molecule has 0 aliphatic heterocycles. The Morgan fingerprint density at radius 1 is 1.42 bits per heavy atom. The van der Waals surface area contributed by atoms with Crippen molar-refractivity contribution in [1.29, 1.82) is 0 Å². The fourth-order valence-corrected chi connectivity index (χ4v) is 1.18. The van der Waals surface area contributed by atoms with Crippen molar-refractivity contribution in [3.8, 4) is 5.75 Å². The quantitative estimate of drug-likeness (QED) is 0.666. The van der Waals surface area contributed by atoms with Crippen molar-refractivity contribution in [3.63, 3.8) is 0 Å². The highest BCUT2D eigenvalue weighted by molar-refractivity contribution is 5.30. The van der Waals surface area contributed by atoms with Crippen LogP contribution in [0.4, 0.5) is 0 Å². The minimum Gasteiger partial charge on any atom is -0.497 e. The van der Waals surface area contributed by atoms with Gasteiger partial charge in [0.15, 0.2) is 0 Å². The van der Waals surface area contributed by atoms with E-state index in [9.17, 15) is 0 Å². The van der Waals surface area contributed by atoms with E-state index in [0.29, 0.717) is 5.92 Å². The Labute approximate surface area is 74.4 Å². The maximum Gasteiger partial charge on any atom is 0.119 e. The van der Waals surface area contributed by atoms with Crippen LogP contribution in [0.15, 0.2) is 24.3 Å². The lowest BCUT2D eigenvalue weighted by molar-refractivity contribution is 0.414. The van der Waals surface area contributed by atoms with E-state index in [1.165, 1.54) is 12.0 Å². The van der Waals surface area contributed by atoms with Gasteiger partial charge in [-0.25, -0.2) is 0 Å². The second kappa shape index (κ2) is 4.15. The average molecular weight is 164 g/mol. The molecule has 0 radical (unpaired) electrons. The third kappa shape index (κ3) is 2.00. The molecule has 0 saturated heterocycles. The van der Waals surface area contributed by atoms with Gasteiger partial charge in [-0.05, 0) is 30.0 Å². The average Bonchev–Trinajstić information content (AvgIpc) is 2.17. The molecule has 0 fully saturated rings. The molecule has 0 spiro atoms. The van der Waals surface area contributed by atoms with Gasteiger partial charge in [-0.2, -0.15) is 0 Å². The molecule has 1 rings (SSSR count). The first-order valence-electron chi connectivity index (χ1n) is 4.42. The maximum atomic E-state index is 5.15. The summed E-state index contributed by atoms with van der Waals surface area (Å²) in [5, 5.41) is 0. The minimum absolute atomic E-state index is 0.625. The largest absolute Gasteiger partial charge is 0.497 e. The zero-order valence-electron chi connectivity index (χ0n) is 8.00. The van der Waals surface area contributed by atoms with Crippen LogP contribution in [0.1, 0.15) is 31.7 Å². The Hall–Kier alpha value is -0.980. The van der Waals surface area contributed by atoms with Gasteiger partial charge in [-0.1, -0.05) is 26.0 Å². The zero-order valence-corrected chi connectivity index (χ0v) is 8.00. The lowest BCUT2D eigenvalue weighted by Crippen LogP contribution is -1.91. The molecule has 0 aliphatic rings. The first-order chi connectivity index (χ1) is 5.77. The third-order valence-electron chi connectivity index (χ3n) is 2.28. The van der Waals surface area contributed by atoms with Crippen molar-refractivity contribution in [2.75, 3.05) is 7.11 Å². The second-order valence-corrected chi connectivity index (χ2v) is 3.09. The minimum atomic E-state index is 0.625. The van der Waals surface area contributed by atoms with Gasteiger partial charge in [0.1, 0.15) is 5.75 Å². The van der Waals surface area contributed by atoms with E-state index in [4.69, 9.17) is 4.74 Å². The smallest absolute Gasteiger partial charge is 0.119 e. The van der Waals surface area contributed by atoms with Crippen LogP contribution in [0, 0.1) is 0 Å². The van der Waals surface area contributed by atoms with Crippen LogP contribution in [-0.4, -0.2) is 7.11 Å². The maximum absolute atomic E-state index is 5.15. The normalized spacial score (nSPS) is 12.6. The predicted octanol–water partition coefficient (Wildman–Crippen LogP) is 3.21. The molecule has 12 heavy (non-hydrogen) atoms. The Balaban J connectivity index is 2.86. The van der Waals surface area contributed by atoms with Gasteiger partial charge < -0.3 is 4.74 Å². The molecule has 1 aromatic rings. The number of benzene rings is 1. The number of hydrogen-bond donors (Lipinski definition) is 0. The van der Waals surface area contributed by atoms with E-state index in [0.717, 1.165) is 5.75 Å². The molecular weight excluding hydrogens is 148 g/mol. The number of methoxy groups -OCH3 is 1. The molecule has 0 amide bonds. The van der Waals surface area contributed by atoms with Crippen LogP contribution < -0.4 is 4.74 Å². The van der Waals surface area contributed by atoms with E-state index in [-0.39, 0.29) is 0 Å². The van der Waals surface area contributed by atoms with E-state index in [1.807, 2.05) is 12.1 Å². The van der Waals surface area contributed by atoms with Crippen molar-refractivity contribution < 1.29 is 4.74 Å². The van der Waals surface area contributed by atoms with E-state index < -0.39 is 0 Å². The fraction of sp³-hybridized carbons (Fsp3) is 0.455. The molecule has 1 heteroatoms. The summed E-state index contributed by atoms with van der Waals surface area (Å²) in [5.41, 5.74) is 1.36. The molecule has 1 aromatic carbocycles. The molecule has 0 aromatic heterocycles. The lowest BCUT2D eigenvalue weighted by Gasteiger charge is -2.09. The highest BCUT2D eigenvalue weighted by Gasteiger charge is 2.02. The molecule has 66 valence electrons. The Kier molecular flexibility index (Phi) is 3.15. The van der Waals surface area contributed by atoms with Gasteiger partial charge >= 0.3 is 0 Å². The van der Waals surface area contributed by atoms with Crippen LogP contribution in [0.2, 0.25) is 0 Å². The van der Waals surface area contributed by atoms with Gasteiger partial charge in [0.05, 0.1) is 7.11 Å². The first-order valence-corrected chi connectivity index (χ1v) is 4.42. The Bertz CT molecular complexity index is 243. The summed E-state index contributed by atoms with van der Waals surface area (Å²) in [4.78, 5) is 0. The van der Waals surface area contributed by atoms with Gasteiger partial charge in [0.25, 0.3) is 0 Å². The zero-order chi connectivity index (χ0) is 8.97. The predicted molar refractivity (Wildman–Crippen MR) is 51.7 cm³/mol. The molecule has 0 aliphatic carbocycles.